The molecule has 0 saturated heterocycles. The van der Waals surface area contributed by atoms with Crippen LogP contribution in [-0.2, 0) is 18.9 Å². The Morgan fingerprint density at radius 2 is 1.68 bits per heavy atom. The van der Waals surface area contributed by atoms with Gasteiger partial charge in [0.05, 0.1) is 23.0 Å². The van der Waals surface area contributed by atoms with Crippen molar-refractivity contribution in [3.05, 3.63) is 58.9 Å². The van der Waals surface area contributed by atoms with Crippen LogP contribution in [-0.4, -0.2) is 33.2 Å². The molecule has 0 fully saturated rings. The average molecular weight is 401 g/mol. The van der Waals surface area contributed by atoms with Crippen LogP contribution in [0.2, 0.25) is 0 Å². The zero-order valence-corrected chi connectivity index (χ0v) is 14.3. The summed E-state index contributed by atoms with van der Waals surface area (Å²) >= 11 is 0. The van der Waals surface area contributed by atoms with Gasteiger partial charge in [0.25, 0.3) is 0 Å². The first-order chi connectivity index (χ1) is 13.1. The molecular weight excluding hydrogens is 388 g/mol. The van der Waals surface area contributed by atoms with Gasteiger partial charge < -0.3 is 4.57 Å². The molecule has 3 rings (SSSR count). The van der Waals surface area contributed by atoms with Gasteiger partial charge in [0.2, 0.25) is 0 Å². The van der Waals surface area contributed by atoms with Crippen LogP contribution < -0.4 is 0 Å². The van der Waals surface area contributed by atoms with Crippen LogP contribution in [0.3, 0.4) is 0 Å². The number of H-pyrrole nitrogens is 1. The third-order valence-corrected chi connectivity index (χ3v) is 3.90. The normalized spacial score (nSPS) is 12.8. The van der Waals surface area contributed by atoms with Crippen LogP contribution in [0.1, 0.15) is 22.4 Å². The third-order valence-electron chi connectivity index (χ3n) is 3.90. The van der Waals surface area contributed by atoms with E-state index in [-0.39, 0.29) is 18.2 Å². The number of aliphatic imine (C=N–C) groups is 1. The van der Waals surface area contributed by atoms with Gasteiger partial charge in [-0.25, -0.2) is 0 Å². The minimum atomic E-state index is -4.90. The Hall–Kier alpha value is -3.11. The Kier molecular flexibility index (Phi) is 5.01. The highest BCUT2D eigenvalue weighted by Crippen LogP contribution is 2.36. The maximum Gasteiger partial charge on any atom is 0.416 e. The van der Waals surface area contributed by atoms with E-state index in [1.807, 2.05) is 0 Å². The highest BCUT2D eigenvalue weighted by atomic mass is 19.4. The number of aromatic nitrogens is 4. The fourth-order valence-corrected chi connectivity index (χ4v) is 2.71. The van der Waals surface area contributed by atoms with E-state index >= 15 is 0 Å². The SMILES string of the molecule is CN=Cc1n[nH]nc1-c1cccn1Cc1cc(C(F)(F)F)cc(C(F)(F)F)c1. The van der Waals surface area contributed by atoms with E-state index < -0.39 is 23.5 Å². The predicted molar refractivity (Wildman–Crippen MR) is 88.9 cm³/mol. The molecule has 0 aliphatic heterocycles. The van der Waals surface area contributed by atoms with Gasteiger partial charge in [0, 0.05) is 19.8 Å². The summed E-state index contributed by atoms with van der Waals surface area (Å²) < 4.78 is 79.8. The van der Waals surface area contributed by atoms with E-state index in [1.54, 1.807) is 12.1 Å². The second kappa shape index (κ2) is 7.13. The van der Waals surface area contributed by atoms with Crippen molar-refractivity contribution in [2.24, 2.45) is 4.99 Å². The largest absolute Gasteiger partial charge is 0.416 e. The Bertz CT molecular complexity index is 964. The number of hydrogen-bond donors (Lipinski definition) is 1. The minimum Gasteiger partial charge on any atom is -0.342 e. The molecule has 0 spiro atoms. The van der Waals surface area contributed by atoms with Crippen molar-refractivity contribution < 1.29 is 26.3 Å². The molecule has 0 amide bonds. The summed E-state index contributed by atoms with van der Waals surface area (Å²) in [5.41, 5.74) is -1.62. The second-order valence-corrected chi connectivity index (χ2v) is 5.88. The summed E-state index contributed by atoms with van der Waals surface area (Å²) in [6, 6.07) is 4.75. The molecule has 0 radical (unpaired) electrons. The predicted octanol–water partition coefficient (Wildman–Crippen LogP) is 4.41. The van der Waals surface area contributed by atoms with Gasteiger partial charge in [-0.3, -0.25) is 4.99 Å². The highest BCUT2D eigenvalue weighted by Gasteiger charge is 2.36. The number of benzene rings is 1. The molecule has 1 N–H and O–H groups in total. The van der Waals surface area contributed by atoms with Crippen molar-refractivity contribution in [3.63, 3.8) is 0 Å². The Balaban J connectivity index is 2.04. The summed E-state index contributed by atoms with van der Waals surface area (Å²) in [5.74, 6) is 0. The molecule has 11 heteroatoms. The van der Waals surface area contributed by atoms with E-state index in [9.17, 15) is 26.3 Å². The van der Waals surface area contributed by atoms with Crippen LogP contribution in [0.15, 0.2) is 41.5 Å². The summed E-state index contributed by atoms with van der Waals surface area (Å²) in [4.78, 5) is 3.83. The van der Waals surface area contributed by atoms with Gasteiger partial charge in [0.1, 0.15) is 11.4 Å². The van der Waals surface area contributed by atoms with Gasteiger partial charge in [-0.2, -0.15) is 41.8 Å². The molecule has 2 heterocycles. The number of nitrogens with one attached hydrogen (secondary N) is 1. The van der Waals surface area contributed by atoms with Gasteiger partial charge in [0.15, 0.2) is 0 Å². The topological polar surface area (TPSA) is 58.9 Å². The molecule has 28 heavy (non-hydrogen) atoms. The zero-order valence-electron chi connectivity index (χ0n) is 14.3. The van der Waals surface area contributed by atoms with E-state index in [2.05, 4.69) is 20.4 Å². The molecule has 5 nitrogen and oxygen atoms in total. The summed E-state index contributed by atoms with van der Waals surface area (Å²) in [6.45, 7) is -0.217. The smallest absolute Gasteiger partial charge is 0.342 e. The van der Waals surface area contributed by atoms with Crippen molar-refractivity contribution in [2.45, 2.75) is 18.9 Å². The van der Waals surface area contributed by atoms with Gasteiger partial charge in [-0.05, 0) is 35.9 Å². The number of halogens is 6. The summed E-state index contributed by atoms with van der Waals surface area (Å²) in [6.07, 6.45) is -6.83. The van der Waals surface area contributed by atoms with Crippen molar-refractivity contribution in [1.29, 1.82) is 0 Å². The molecule has 2 aromatic heterocycles. The van der Waals surface area contributed by atoms with E-state index in [4.69, 9.17) is 0 Å². The molecule has 0 unspecified atom stereocenters. The van der Waals surface area contributed by atoms with Crippen LogP contribution in [0.4, 0.5) is 26.3 Å². The molecular formula is C17H13F6N5. The molecule has 3 aromatic rings. The van der Waals surface area contributed by atoms with Crippen molar-refractivity contribution in [2.75, 3.05) is 7.05 Å². The fraction of sp³-hybridized carbons (Fsp3) is 0.235. The van der Waals surface area contributed by atoms with Gasteiger partial charge >= 0.3 is 12.4 Å². The maximum atomic E-state index is 13.0. The first-order valence-corrected chi connectivity index (χ1v) is 7.86. The number of rotatable bonds is 4. The Morgan fingerprint density at radius 3 is 2.25 bits per heavy atom. The Labute approximate surface area is 154 Å². The first kappa shape index (κ1) is 19.6. The number of alkyl halides is 6. The van der Waals surface area contributed by atoms with Crippen LogP contribution in [0.5, 0.6) is 0 Å². The highest BCUT2D eigenvalue weighted by molar-refractivity contribution is 5.85. The molecule has 0 aliphatic carbocycles. The van der Waals surface area contributed by atoms with Crippen LogP contribution >= 0.6 is 0 Å². The standard InChI is InChI=1S/C17H13F6N5/c1-24-8-13-15(26-27-25-13)14-3-2-4-28(14)9-10-5-11(16(18,19)20)7-12(6-10)17(21,22)23/h2-8H,9H2,1H3,(H,25,26,27). The summed E-state index contributed by atoms with van der Waals surface area (Å²) in [7, 11) is 1.53. The minimum absolute atomic E-state index is 0.105. The monoisotopic (exact) mass is 401 g/mol. The summed E-state index contributed by atoms with van der Waals surface area (Å²) in [5, 5.41) is 10.3. The van der Waals surface area contributed by atoms with E-state index in [1.165, 1.54) is 24.0 Å². The van der Waals surface area contributed by atoms with E-state index in [0.29, 0.717) is 29.2 Å². The lowest BCUT2D eigenvalue weighted by atomic mass is 10.0. The maximum absolute atomic E-state index is 13.0. The fourth-order valence-electron chi connectivity index (χ4n) is 2.71. The first-order valence-electron chi connectivity index (χ1n) is 7.86. The van der Waals surface area contributed by atoms with Crippen molar-refractivity contribution in [1.82, 2.24) is 20.0 Å². The molecule has 0 bridgehead atoms. The molecule has 1 aromatic carbocycles. The average Bonchev–Trinajstić information content (AvgIpc) is 3.22. The van der Waals surface area contributed by atoms with Crippen molar-refractivity contribution in [3.8, 4) is 11.4 Å². The number of nitrogens with zero attached hydrogens (tertiary/aromatic N) is 4. The van der Waals surface area contributed by atoms with Crippen molar-refractivity contribution >= 4 is 6.21 Å². The molecule has 148 valence electrons. The van der Waals surface area contributed by atoms with Gasteiger partial charge in [-0.1, -0.05) is 0 Å². The van der Waals surface area contributed by atoms with Crippen LogP contribution in [0, 0.1) is 0 Å². The van der Waals surface area contributed by atoms with Gasteiger partial charge in [-0.15, -0.1) is 0 Å². The Morgan fingerprint density at radius 1 is 1.04 bits per heavy atom. The third kappa shape index (κ3) is 4.07. The number of hydrogen-bond acceptors (Lipinski definition) is 3. The second-order valence-electron chi connectivity index (χ2n) is 5.88. The molecule has 0 atom stereocenters. The lowest BCUT2D eigenvalue weighted by molar-refractivity contribution is -0.143. The quantitative estimate of drug-likeness (QED) is 0.520. The lowest BCUT2D eigenvalue weighted by Gasteiger charge is -2.15. The lowest BCUT2D eigenvalue weighted by Crippen LogP contribution is -2.13. The van der Waals surface area contributed by atoms with E-state index in [0.717, 1.165) is 0 Å². The molecule has 0 saturated carbocycles. The zero-order chi connectivity index (χ0) is 20.5. The molecule has 0 aliphatic rings. The van der Waals surface area contributed by atoms with Crippen LogP contribution in [0.25, 0.3) is 11.4 Å². The number of aromatic amines is 1.